The first-order valence-corrected chi connectivity index (χ1v) is 4.58. The van der Waals surface area contributed by atoms with Crippen LogP contribution in [0.4, 0.5) is 9.18 Å². The molecule has 70 valence electrons. The van der Waals surface area contributed by atoms with E-state index in [-0.39, 0.29) is 12.4 Å². The molecule has 0 fully saturated rings. The van der Waals surface area contributed by atoms with Crippen molar-refractivity contribution in [3.8, 4) is 0 Å². The van der Waals surface area contributed by atoms with Crippen LogP contribution < -0.4 is 5.32 Å². The molecule has 3 nitrogen and oxygen atoms in total. The zero-order valence-electron chi connectivity index (χ0n) is 6.55. The third-order valence-electron chi connectivity index (χ3n) is 1.45. The number of rotatable bonds is 2. The van der Waals surface area contributed by atoms with Crippen molar-refractivity contribution in [3.63, 3.8) is 0 Å². The van der Waals surface area contributed by atoms with E-state index in [1.165, 1.54) is 12.1 Å². The largest absolute Gasteiger partial charge is 0.465 e. The first-order chi connectivity index (χ1) is 6.09. The van der Waals surface area contributed by atoms with Gasteiger partial charge in [0.25, 0.3) is 0 Å². The molecule has 0 saturated carbocycles. The van der Waals surface area contributed by atoms with Crippen LogP contribution in [0.1, 0.15) is 5.56 Å². The van der Waals surface area contributed by atoms with E-state index in [0.29, 0.717) is 3.57 Å². The van der Waals surface area contributed by atoms with Gasteiger partial charge in [-0.25, -0.2) is 9.18 Å². The molecule has 2 N–H and O–H groups in total. The van der Waals surface area contributed by atoms with Crippen molar-refractivity contribution in [2.75, 3.05) is 0 Å². The van der Waals surface area contributed by atoms with Gasteiger partial charge in [0.1, 0.15) is 5.82 Å². The average molecular weight is 295 g/mol. The highest BCUT2D eigenvalue weighted by molar-refractivity contribution is 14.1. The predicted octanol–water partition coefficient (Wildman–Crippen LogP) is 2.20. The molecule has 0 bridgehead atoms. The van der Waals surface area contributed by atoms with E-state index in [0.717, 1.165) is 5.56 Å². The lowest BCUT2D eigenvalue weighted by Gasteiger charge is -2.03. The Hall–Kier alpha value is -0.850. The highest BCUT2D eigenvalue weighted by atomic mass is 127. The Bertz CT molecular complexity index is 330. The molecule has 0 unspecified atom stereocenters. The van der Waals surface area contributed by atoms with Gasteiger partial charge in [-0.1, -0.05) is 6.07 Å². The molecule has 0 aliphatic heterocycles. The van der Waals surface area contributed by atoms with Gasteiger partial charge in [0.2, 0.25) is 0 Å². The second kappa shape index (κ2) is 4.40. The fourth-order valence-electron chi connectivity index (χ4n) is 0.836. The van der Waals surface area contributed by atoms with Crippen molar-refractivity contribution in [2.24, 2.45) is 0 Å². The zero-order valence-corrected chi connectivity index (χ0v) is 8.71. The molecule has 0 heterocycles. The molecule has 1 aromatic rings. The fraction of sp³-hybridized carbons (Fsp3) is 0.125. The van der Waals surface area contributed by atoms with E-state index >= 15 is 0 Å². The first-order valence-electron chi connectivity index (χ1n) is 3.50. The minimum Gasteiger partial charge on any atom is -0.465 e. The Morgan fingerprint density at radius 1 is 1.62 bits per heavy atom. The summed E-state index contributed by atoms with van der Waals surface area (Å²) >= 11 is 1.96. The van der Waals surface area contributed by atoms with Gasteiger partial charge >= 0.3 is 6.09 Å². The van der Waals surface area contributed by atoms with Gasteiger partial charge in [-0.3, -0.25) is 0 Å². The SMILES string of the molecule is O=C(O)NCc1ccc(F)cc1I. The number of carboxylic acid groups (broad SMARTS) is 1. The van der Waals surface area contributed by atoms with Gasteiger partial charge in [0, 0.05) is 10.1 Å². The van der Waals surface area contributed by atoms with E-state index in [9.17, 15) is 9.18 Å². The molecule has 1 aromatic carbocycles. The number of hydrogen-bond donors (Lipinski definition) is 2. The lowest BCUT2D eigenvalue weighted by Crippen LogP contribution is -2.20. The number of hydrogen-bond acceptors (Lipinski definition) is 1. The number of amides is 1. The predicted molar refractivity (Wildman–Crippen MR) is 54.0 cm³/mol. The van der Waals surface area contributed by atoms with Gasteiger partial charge < -0.3 is 10.4 Å². The van der Waals surface area contributed by atoms with Crippen LogP contribution in [0.3, 0.4) is 0 Å². The summed E-state index contributed by atoms with van der Waals surface area (Å²) in [6, 6.07) is 4.23. The standard InChI is InChI=1S/C8H7FINO2/c9-6-2-1-5(7(10)3-6)4-11-8(12)13/h1-3,11H,4H2,(H,12,13). The van der Waals surface area contributed by atoms with Crippen LogP contribution in [0.25, 0.3) is 0 Å². The van der Waals surface area contributed by atoms with E-state index in [1.54, 1.807) is 6.07 Å². The molecular weight excluding hydrogens is 288 g/mol. The molecule has 0 aliphatic rings. The molecule has 0 aliphatic carbocycles. The third kappa shape index (κ3) is 3.17. The van der Waals surface area contributed by atoms with Crippen LogP contribution in [-0.4, -0.2) is 11.2 Å². The molecule has 1 amide bonds. The summed E-state index contributed by atoms with van der Waals surface area (Å²) in [6.45, 7) is 0.202. The lowest BCUT2D eigenvalue weighted by molar-refractivity contribution is 0.194. The fourth-order valence-corrected chi connectivity index (χ4v) is 1.50. The van der Waals surface area contributed by atoms with Crippen molar-refractivity contribution in [1.29, 1.82) is 0 Å². The molecule has 0 saturated heterocycles. The molecule has 5 heteroatoms. The summed E-state index contributed by atoms with van der Waals surface area (Å²) in [4.78, 5) is 10.2. The number of carbonyl (C=O) groups is 1. The monoisotopic (exact) mass is 295 g/mol. The van der Waals surface area contributed by atoms with Crippen molar-refractivity contribution >= 4 is 28.7 Å². The Kier molecular flexibility index (Phi) is 3.47. The molecular formula is C8H7FINO2. The lowest BCUT2D eigenvalue weighted by atomic mass is 10.2. The van der Waals surface area contributed by atoms with Gasteiger partial charge in [-0.15, -0.1) is 0 Å². The summed E-state index contributed by atoms with van der Waals surface area (Å²) in [7, 11) is 0. The maximum atomic E-state index is 12.6. The van der Waals surface area contributed by atoms with Crippen molar-refractivity contribution in [3.05, 3.63) is 33.1 Å². The van der Waals surface area contributed by atoms with Gasteiger partial charge in [-0.05, 0) is 40.3 Å². The molecule has 0 spiro atoms. The van der Waals surface area contributed by atoms with Crippen LogP contribution in [0.15, 0.2) is 18.2 Å². The highest BCUT2D eigenvalue weighted by Crippen LogP contribution is 2.13. The van der Waals surface area contributed by atoms with Gasteiger partial charge in [-0.2, -0.15) is 0 Å². The first kappa shape index (κ1) is 10.2. The number of benzene rings is 1. The van der Waals surface area contributed by atoms with Gasteiger partial charge in [0.15, 0.2) is 0 Å². The summed E-state index contributed by atoms with van der Waals surface area (Å²) in [5, 5.41) is 10.5. The minimum absolute atomic E-state index is 0.202. The zero-order chi connectivity index (χ0) is 9.84. The van der Waals surface area contributed by atoms with Crippen molar-refractivity contribution in [1.82, 2.24) is 5.32 Å². The Balaban J connectivity index is 2.72. The van der Waals surface area contributed by atoms with E-state index < -0.39 is 6.09 Å². The van der Waals surface area contributed by atoms with Crippen LogP contribution in [0.5, 0.6) is 0 Å². The Morgan fingerprint density at radius 2 is 2.31 bits per heavy atom. The van der Waals surface area contributed by atoms with Crippen LogP contribution in [0.2, 0.25) is 0 Å². The topological polar surface area (TPSA) is 49.3 Å². The molecule has 13 heavy (non-hydrogen) atoms. The maximum Gasteiger partial charge on any atom is 0.404 e. The summed E-state index contributed by atoms with van der Waals surface area (Å²) in [5.41, 5.74) is 0.768. The van der Waals surface area contributed by atoms with E-state index in [2.05, 4.69) is 5.32 Å². The number of halogens is 2. The normalized spacial score (nSPS) is 9.69. The highest BCUT2D eigenvalue weighted by Gasteiger charge is 2.02. The smallest absolute Gasteiger partial charge is 0.404 e. The van der Waals surface area contributed by atoms with E-state index in [1.807, 2.05) is 22.6 Å². The third-order valence-corrected chi connectivity index (χ3v) is 2.45. The number of nitrogens with one attached hydrogen (secondary N) is 1. The maximum absolute atomic E-state index is 12.6. The molecule has 0 aromatic heterocycles. The molecule has 1 rings (SSSR count). The van der Waals surface area contributed by atoms with Crippen LogP contribution in [-0.2, 0) is 6.54 Å². The Labute approximate surface area is 88.1 Å². The van der Waals surface area contributed by atoms with Gasteiger partial charge in [0.05, 0.1) is 0 Å². The summed E-state index contributed by atoms with van der Waals surface area (Å²) < 4.78 is 13.3. The summed E-state index contributed by atoms with van der Waals surface area (Å²) in [6.07, 6.45) is -1.08. The second-order valence-corrected chi connectivity index (χ2v) is 3.56. The van der Waals surface area contributed by atoms with Crippen molar-refractivity contribution in [2.45, 2.75) is 6.54 Å². The quantitative estimate of drug-likeness (QED) is 0.822. The average Bonchev–Trinajstić information content (AvgIpc) is 2.02. The Morgan fingerprint density at radius 3 is 2.85 bits per heavy atom. The van der Waals surface area contributed by atoms with Crippen LogP contribution in [0, 0.1) is 9.39 Å². The van der Waals surface area contributed by atoms with E-state index in [4.69, 9.17) is 5.11 Å². The molecule has 0 radical (unpaired) electrons. The van der Waals surface area contributed by atoms with Crippen molar-refractivity contribution < 1.29 is 14.3 Å². The molecule has 0 atom stereocenters. The summed E-state index contributed by atoms with van der Waals surface area (Å²) in [5.74, 6) is -0.316. The minimum atomic E-state index is -1.08. The van der Waals surface area contributed by atoms with Crippen LogP contribution >= 0.6 is 22.6 Å². The second-order valence-electron chi connectivity index (χ2n) is 2.39.